The van der Waals surface area contributed by atoms with Gasteiger partial charge in [0, 0.05) is 5.56 Å². The van der Waals surface area contributed by atoms with E-state index in [1.54, 1.807) is 30.3 Å². The number of carbonyl (C=O) groups excluding carboxylic acids is 1. The first-order valence-electron chi connectivity index (χ1n) is 7.95. The van der Waals surface area contributed by atoms with E-state index in [0.29, 0.717) is 21.6 Å². The van der Waals surface area contributed by atoms with Crippen LogP contribution in [0.3, 0.4) is 0 Å². The lowest BCUT2D eigenvalue weighted by Crippen LogP contribution is -2.18. The summed E-state index contributed by atoms with van der Waals surface area (Å²) in [5, 5.41) is 0.792. The fraction of sp³-hybridized carbons (Fsp3) is 0.200. The molecule has 2 aromatic carbocycles. The summed E-state index contributed by atoms with van der Waals surface area (Å²) in [6.07, 6.45) is 0. The van der Waals surface area contributed by atoms with Crippen molar-refractivity contribution in [2.75, 3.05) is 13.7 Å². The molecule has 26 heavy (non-hydrogen) atoms. The Morgan fingerprint density at radius 1 is 1.19 bits per heavy atom. The zero-order valence-corrected chi connectivity index (χ0v) is 15.3. The average Bonchev–Trinajstić information content (AvgIpc) is 2.61. The van der Waals surface area contributed by atoms with Crippen molar-refractivity contribution in [3.8, 4) is 17.1 Å². The van der Waals surface area contributed by atoms with E-state index >= 15 is 0 Å². The van der Waals surface area contributed by atoms with E-state index in [2.05, 4.69) is 4.74 Å². The second-order valence-electron chi connectivity index (χ2n) is 5.89. The Morgan fingerprint density at radius 2 is 1.92 bits per heavy atom. The van der Waals surface area contributed by atoms with Gasteiger partial charge in [-0.05, 0) is 43.2 Å². The van der Waals surface area contributed by atoms with Gasteiger partial charge in [0.2, 0.25) is 11.2 Å². The predicted molar refractivity (Wildman–Crippen MR) is 99.9 cm³/mol. The van der Waals surface area contributed by atoms with Crippen molar-refractivity contribution in [2.24, 2.45) is 0 Å². The molecule has 134 valence electrons. The van der Waals surface area contributed by atoms with Crippen LogP contribution in [-0.4, -0.2) is 19.7 Å². The lowest BCUT2D eigenvalue weighted by molar-refractivity contribution is -0.142. The molecule has 0 radical (unpaired) electrons. The van der Waals surface area contributed by atoms with Crippen LogP contribution in [0, 0.1) is 13.8 Å². The monoisotopic (exact) mass is 372 g/mol. The molecule has 5 nitrogen and oxygen atoms in total. The molecule has 0 atom stereocenters. The molecule has 0 aliphatic carbocycles. The summed E-state index contributed by atoms with van der Waals surface area (Å²) in [5.74, 6) is -0.486. The Bertz CT molecular complexity index is 1050. The lowest BCUT2D eigenvalue weighted by Gasteiger charge is -2.13. The topological polar surface area (TPSA) is 65.7 Å². The molecule has 1 aromatic heterocycles. The van der Waals surface area contributed by atoms with E-state index in [1.807, 2.05) is 19.9 Å². The molecule has 0 aliphatic rings. The molecule has 3 aromatic rings. The van der Waals surface area contributed by atoms with Gasteiger partial charge in [0.15, 0.2) is 12.4 Å². The highest BCUT2D eigenvalue weighted by Gasteiger charge is 2.21. The summed E-state index contributed by atoms with van der Waals surface area (Å²) < 4.78 is 16.1. The van der Waals surface area contributed by atoms with E-state index in [0.717, 1.165) is 11.1 Å². The SMILES string of the molecule is COC(=O)COc1c(-c2ccccc2Cl)oc2c(C)cc(C)cc2c1=O. The van der Waals surface area contributed by atoms with Crippen LogP contribution in [0.5, 0.6) is 5.75 Å². The van der Waals surface area contributed by atoms with Gasteiger partial charge >= 0.3 is 5.97 Å². The molecule has 0 saturated heterocycles. The number of rotatable bonds is 4. The largest absolute Gasteiger partial charge is 0.474 e. The first-order valence-corrected chi connectivity index (χ1v) is 8.32. The van der Waals surface area contributed by atoms with Crippen molar-refractivity contribution in [3.05, 3.63) is 62.8 Å². The van der Waals surface area contributed by atoms with Crippen LogP contribution >= 0.6 is 11.6 Å². The predicted octanol–water partition coefficient (Wildman–Crippen LogP) is 4.28. The fourth-order valence-corrected chi connectivity index (χ4v) is 3.00. The van der Waals surface area contributed by atoms with Crippen molar-refractivity contribution >= 4 is 28.5 Å². The second kappa shape index (κ2) is 7.22. The maximum Gasteiger partial charge on any atom is 0.343 e. The van der Waals surface area contributed by atoms with E-state index < -0.39 is 12.6 Å². The van der Waals surface area contributed by atoms with Crippen LogP contribution in [-0.2, 0) is 9.53 Å². The number of hydrogen-bond donors (Lipinski definition) is 0. The summed E-state index contributed by atoms with van der Waals surface area (Å²) in [5.41, 5.74) is 2.35. The lowest BCUT2D eigenvalue weighted by atomic mass is 10.1. The summed E-state index contributed by atoms with van der Waals surface area (Å²) in [6.45, 7) is 3.35. The van der Waals surface area contributed by atoms with Crippen LogP contribution < -0.4 is 10.2 Å². The highest BCUT2D eigenvalue weighted by molar-refractivity contribution is 6.33. The van der Waals surface area contributed by atoms with Crippen molar-refractivity contribution in [3.63, 3.8) is 0 Å². The molecular formula is C20H17ClO5. The Kier molecular flexibility index (Phi) is 5.00. The van der Waals surface area contributed by atoms with Gasteiger partial charge in [0.25, 0.3) is 0 Å². The number of carbonyl (C=O) groups is 1. The number of esters is 1. The minimum absolute atomic E-state index is 0.0685. The zero-order valence-electron chi connectivity index (χ0n) is 14.6. The molecule has 0 spiro atoms. The van der Waals surface area contributed by atoms with Gasteiger partial charge in [0.1, 0.15) is 5.58 Å². The van der Waals surface area contributed by atoms with Crippen LogP contribution in [0.4, 0.5) is 0 Å². The van der Waals surface area contributed by atoms with Gasteiger partial charge < -0.3 is 13.9 Å². The van der Waals surface area contributed by atoms with E-state index in [9.17, 15) is 9.59 Å². The Morgan fingerprint density at radius 3 is 2.62 bits per heavy atom. The fourth-order valence-electron chi connectivity index (χ4n) is 2.78. The van der Waals surface area contributed by atoms with Gasteiger partial charge in [-0.2, -0.15) is 0 Å². The molecule has 0 fully saturated rings. The van der Waals surface area contributed by atoms with Crippen molar-refractivity contribution in [1.82, 2.24) is 0 Å². The number of methoxy groups -OCH3 is 1. The third-order valence-corrected chi connectivity index (χ3v) is 4.29. The maximum absolute atomic E-state index is 13.1. The summed E-state index contributed by atoms with van der Waals surface area (Å²) in [7, 11) is 1.25. The van der Waals surface area contributed by atoms with E-state index in [1.165, 1.54) is 7.11 Å². The average molecular weight is 373 g/mol. The van der Waals surface area contributed by atoms with Crippen molar-refractivity contribution < 1.29 is 18.7 Å². The molecule has 0 aliphatic heterocycles. The number of benzene rings is 2. The van der Waals surface area contributed by atoms with Gasteiger partial charge in [-0.1, -0.05) is 29.8 Å². The molecule has 0 amide bonds. The van der Waals surface area contributed by atoms with Crippen molar-refractivity contribution in [1.29, 1.82) is 0 Å². The number of aryl methyl sites for hydroxylation is 2. The molecule has 1 heterocycles. The van der Waals surface area contributed by atoms with Gasteiger partial charge in [0.05, 0.1) is 17.5 Å². The Hall–Kier alpha value is -2.79. The van der Waals surface area contributed by atoms with Crippen molar-refractivity contribution in [2.45, 2.75) is 13.8 Å². The minimum atomic E-state index is -0.602. The standard InChI is InChI=1S/C20H17ClO5/c1-11-8-12(2)18-14(9-11)17(23)20(25-10-16(22)24-3)19(26-18)13-6-4-5-7-15(13)21/h4-9H,10H2,1-3H3. The van der Waals surface area contributed by atoms with E-state index in [-0.39, 0.29) is 16.9 Å². The number of fused-ring (bicyclic) bond motifs is 1. The zero-order chi connectivity index (χ0) is 18.8. The first kappa shape index (κ1) is 18.0. The normalized spacial score (nSPS) is 10.8. The molecule has 0 unspecified atom stereocenters. The summed E-state index contributed by atoms with van der Waals surface area (Å²) in [6, 6.07) is 10.6. The molecule has 0 N–H and O–H groups in total. The number of ether oxygens (including phenoxy) is 2. The molecule has 3 rings (SSSR count). The van der Waals surface area contributed by atoms with Crippen LogP contribution in [0.15, 0.2) is 45.6 Å². The third-order valence-electron chi connectivity index (χ3n) is 3.96. The number of halogens is 1. The summed E-state index contributed by atoms with van der Waals surface area (Å²) in [4.78, 5) is 24.5. The van der Waals surface area contributed by atoms with E-state index in [4.69, 9.17) is 20.8 Å². The highest BCUT2D eigenvalue weighted by atomic mass is 35.5. The smallest absolute Gasteiger partial charge is 0.343 e. The molecule has 0 saturated carbocycles. The van der Waals surface area contributed by atoms with Crippen LogP contribution in [0.25, 0.3) is 22.3 Å². The Balaban J connectivity index is 2.31. The molecule has 6 heteroatoms. The number of hydrogen-bond acceptors (Lipinski definition) is 5. The van der Waals surface area contributed by atoms with Gasteiger partial charge in [-0.15, -0.1) is 0 Å². The minimum Gasteiger partial charge on any atom is -0.474 e. The quantitative estimate of drug-likeness (QED) is 0.639. The Labute approximate surface area is 155 Å². The first-order chi connectivity index (χ1) is 12.4. The van der Waals surface area contributed by atoms with Crippen LogP contribution in [0.1, 0.15) is 11.1 Å². The molecular weight excluding hydrogens is 356 g/mol. The highest BCUT2D eigenvalue weighted by Crippen LogP contribution is 2.36. The van der Waals surface area contributed by atoms with Gasteiger partial charge in [-0.3, -0.25) is 4.79 Å². The molecule has 0 bridgehead atoms. The third kappa shape index (κ3) is 3.30. The van der Waals surface area contributed by atoms with Gasteiger partial charge in [-0.25, -0.2) is 4.79 Å². The maximum atomic E-state index is 13.1. The second-order valence-corrected chi connectivity index (χ2v) is 6.30. The van der Waals surface area contributed by atoms with Crippen LogP contribution in [0.2, 0.25) is 5.02 Å². The summed E-state index contributed by atoms with van der Waals surface area (Å²) >= 11 is 6.28.